The summed E-state index contributed by atoms with van der Waals surface area (Å²) in [6, 6.07) is 11.9. The highest BCUT2D eigenvalue weighted by molar-refractivity contribution is 5.92. The third-order valence-electron chi connectivity index (χ3n) is 3.61. The Kier molecular flexibility index (Phi) is 3.11. The maximum atomic E-state index is 12.0. The summed E-state index contributed by atoms with van der Waals surface area (Å²) in [4.78, 5) is 13.8. The fourth-order valence-corrected chi connectivity index (χ4v) is 2.19. The Bertz CT molecular complexity index is 579. The van der Waals surface area contributed by atoms with Crippen LogP contribution in [0.3, 0.4) is 0 Å². The van der Waals surface area contributed by atoms with Gasteiger partial charge in [0.25, 0.3) is 5.91 Å². The van der Waals surface area contributed by atoms with Gasteiger partial charge in [-0.2, -0.15) is 0 Å². The van der Waals surface area contributed by atoms with Crippen molar-refractivity contribution in [2.24, 2.45) is 0 Å². The average Bonchev–Trinajstić information content (AvgIpc) is 2.86. The van der Waals surface area contributed by atoms with Gasteiger partial charge in [-0.15, -0.1) is 0 Å². The van der Waals surface area contributed by atoms with Crippen molar-refractivity contribution in [3.8, 4) is 11.3 Å². The molecule has 1 aromatic heterocycles. The van der Waals surface area contributed by atoms with E-state index >= 15 is 0 Å². The van der Waals surface area contributed by atoms with Gasteiger partial charge in [-0.3, -0.25) is 4.79 Å². The van der Waals surface area contributed by atoms with Crippen molar-refractivity contribution < 1.29 is 9.21 Å². The number of rotatable bonds is 3. The number of carbonyl (C=O) groups excluding carboxylic acids is 1. The van der Waals surface area contributed by atoms with E-state index in [-0.39, 0.29) is 5.91 Å². The number of hydrogen-bond acceptors (Lipinski definition) is 2. The summed E-state index contributed by atoms with van der Waals surface area (Å²) in [6.45, 7) is 3.83. The first kappa shape index (κ1) is 12.0. The summed E-state index contributed by atoms with van der Waals surface area (Å²) in [7, 11) is 0. The lowest BCUT2D eigenvalue weighted by molar-refractivity contribution is 0.0620. The van der Waals surface area contributed by atoms with Gasteiger partial charge in [0.2, 0.25) is 0 Å². The number of carbonyl (C=O) groups is 1. The molecule has 3 nitrogen and oxygen atoms in total. The predicted molar refractivity (Wildman–Crippen MR) is 74.0 cm³/mol. The van der Waals surface area contributed by atoms with Crippen LogP contribution >= 0.6 is 0 Å². The molecule has 1 fully saturated rings. The van der Waals surface area contributed by atoms with Gasteiger partial charge in [0.05, 0.1) is 0 Å². The molecule has 0 saturated carbocycles. The van der Waals surface area contributed by atoms with Gasteiger partial charge in [0, 0.05) is 18.7 Å². The minimum atomic E-state index is 0.00248. The third kappa shape index (κ3) is 2.28. The van der Waals surface area contributed by atoms with Crippen molar-refractivity contribution in [3.63, 3.8) is 0 Å². The van der Waals surface area contributed by atoms with E-state index in [0.717, 1.165) is 37.3 Å². The minimum absolute atomic E-state index is 0.00248. The van der Waals surface area contributed by atoms with Gasteiger partial charge < -0.3 is 9.32 Å². The Hall–Kier alpha value is -2.03. The summed E-state index contributed by atoms with van der Waals surface area (Å²) in [5.74, 6) is 1.20. The molecule has 2 heterocycles. The van der Waals surface area contributed by atoms with Crippen LogP contribution < -0.4 is 0 Å². The van der Waals surface area contributed by atoms with Crippen molar-refractivity contribution in [1.82, 2.24) is 4.90 Å². The number of furan rings is 1. The summed E-state index contributed by atoms with van der Waals surface area (Å²) < 4.78 is 5.67. The SMILES string of the molecule is CCc1ccc(-c2ccc(C(=O)N3CCC3)o2)cc1. The van der Waals surface area contributed by atoms with Crippen molar-refractivity contribution in [2.75, 3.05) is 13.1 Å². The standard InChI is InChI=1S/C16H17NO2/c1-2-12-4-6-13(7-5-12)14-8-9-15(19-14)16(18)17-10-3-11-17/h4-9H,2-3,10-11H2,1H3. The number of likely N-dealkylation sites (tertiary alicyclic amines) is 1. The Balaban J connectivity index is 1.81. The smallest absolute Gasteiger partial charge is 0.289 e. The molecule has 1 amide bonds. The van der Waals surface area contributed by atoms with E-state index < -0.39 is 0 Å². The molecule has 0 N–H and O–H groups in total. The van der Waals surface area contributed by atoms with Crippen molar-refractivity contribution in [3.05, 3.63) is 47.7 Å². The van der Waals surface area contributed by atoms with Crippen molar-refractivity contribution in [2.45, 2.75) is 19.8 Å². The van der Waals surface area contributed by atoms with E-state index in [9.17, 15) is 4.79 Å². The van der Waals surface area contributed by atoms with Crippen LogP contribution in [0.15, 0.2) is 40.8 Å². The van der Waals surface area contributed by atoms with Crippen LogP contribution in [0.5, 0.6) is 0 Å². The van der Waals surface area contributed by atoms with Crippen LogP contribution in [-0.2, 0) is 6.42 Å². The van der Waals surface area contributed by atoms with Crippen molar-refractivity contribution >= 4 is 5.91 Å². The van der Waals surface area contributed by atoms with Gasteiger partial charge in [-0.05, 0) is 30.5 Å². The monoisotopic (exact) mass is 255 g/mol. The molecule has 0 unspecified atom stereocenters. The fourth-order valence-electron chi connectivity index (χ4n) is 2.19. The second kappa shape index (κ2) is 4.92. The molecule has 1 saturated heterocycles. The molecule has 3 rings (SSSR count). The molecule has 0 aliphatic carbocycles. The lowest BCUT2D eigenvalue weighted by Crippen LogP contribution is -2.41. The largest absolute Gasteiger partial charge is 0.451 e. The topological polar surface area (TPSA) is 33.5 Å². The third-order valence-corrected chi connectivity index (χ3v) is 3.61. The molecular weight excluding hydrogens is 238 g/mol. The maximum Gasteiger partial charge on any atom is 0.289 e. The first-order valence-corrected chi connectivity index (χ1v) is 6.76. The molecule has 0 spiro atoms. The number of hydrogen-bond donors (Lipinski definition) is 0. The summed E-state index contributed by atoms with van der Waals surface area (Å²) in [5, 5.41) is 0. The normalized spacial score (nSPS) is 14.3. The van der Waals surface area contributed by atoms with Crippen LogP contribution in [0.1, 0.15) is 29.5 Å². The van der Waals surface area contributed by atoms with Gasteiger partial charge in [0.15, 0.2) is 5.76 Å². The van der Waals surface area contributed by atoms with Crippen LogP contribution in [0, 0.1) is 0 Å². The van der Waals surface area contributed by atoms with Crippen LogP contribution in [0.4, 0.5) is 0 Å². The zero-order valence-electron chi connectivity index (χ0n) is 11.1. The first-order chi connectivity index (χ1) is 9.28. The summed E-state index contributed by atoms with van der Waals surface area (Å²) in [5.41, 5.74) is 2.31. The lowest BCUT2D eigenvalue weighted by Gasteiger charge is -2.29. The molecule has 1 aliphatic heterocycles. The van der Waals surface area contributed by atoms with E-state index in [1.165, 1.54) is 5.56 Å². The number of benzene rings is 1. The molecule has 0 bridgehead atoms. The van der Waals surface area contributed by atoms with Crippen LogP contribution in [0.25, 0.3) is 11.3 Å². The average molecular weight is 255 g/mol. The summed E-state index contributed by atoms with van der Waals surface area (Å²) >= 11 is 0. The molecule has 98 valence electrons. The molecule has 0 atom stereocenters. The van der Waals surface area contributed by atoms with Gasteiger partial charge >= 0.3 is 0 Å². The number of aryl methyl sites for hydroxylation is 1. The highest BCUT2D eigenvalue weighted by Gasteiger charge is 2.24. The molecule has 2 aromatic rings. The Morgan fingerprint density at radius 1 is 1.16 bits per heavy atom. The molecule has 1 aromatic carbocycles. The second-order valence-electron chi connectivity index (χ2n) is 4.86. The van der Waals surface area contributed by atoms with Gasteiger partial charge in [-0.1, -0.05) is 31.2 Å². The van der Waals surface area contributed by atoms with Crippen molar-refractivity contribution in [1.29, 1.82) is 0 Å². The van der Waals surface area contributed by atoms with Crippen LogP contribution in [0.2, 0.25) is 0 Å². The van der Waals surface area contributed by atoms with Gasteiger partial charge in [-0.25, -0.2) is 0 Å². The quantitative estimate of drug-likeness (QED) is 0.842. The summed E-state index contributed by atoms with van der Waals surface area (Å²) in [6.07, 6.45) is 2.12. The second-order valence-corrected chi connectivity index (χ2v) is 4.86. The Morgan fingerprint density at radius 3 is 2.47 bits per heavy atom. The first-order valence-electron chi connectivity index (χ1n) is 6.76. The molecule has 3 heteroatoms. The lowest BCUT2D eigenvalue weighted by atomic mass is 10.1. The van der Waals surface area contributed by atoms with Crippen LogP contribution in [-0.4, -0.2) is 23.9 Å². The Morgan fingerprint density at radius 2 is 1.89 bits per heavy atom. The fraction of sp³-hybridized carbons (Fsp3) is 0.312. The highest BCUT2D eigenvalue weighted by Crippen LogP contribution is 2.24. The molecule has 1 aliphatic rings. The zero-order valence-corrected chi connectivity index (χ0v) is 11.1. The zero-order chi connectivity index (χ0) is 13.2. The maximum absolute atomic E-state index is 12.0. The highest BCUT2D eigenvalue weighted by atomic mass is 16.4. The molecular formula is C16H17NO2. The minimum Gasteiger partial charge on any atom is -0.451 e. The van der Waals surface area contributed by atoms with E-state index in [4.69, 9.17) is 4.42 Å². The van der Waals surface area contributed by atoms with E-state index in [1.807, 2.05) is 23.1 Å². The number of nitrogens with zero attached hydrogens (tertiary/aromatic N) is 1. The Labute approximate surface area is 112 Å². The molecule has 0 radical (unpaired) electrons. The van der Waals surface area contributed by atoms with E-state index in [0.29, 0.717) is 5.76 Å². The van der Waals surface area contributed by atoms with E-state index in [1.54, 1.807) is 6.07 Å². The molecule has 19 heavy (non-hydrogen) atoms. The number of amides is 1. The predicted octanol–water partition coefficient (Wildman–Crippen LogP) is 3.35. The van der Waals surface area contributed by atoms with E-state index in [2.05, 4.69) is 19.1 Å². The van der Waals surface area contributed by atoms with Gasteiger partial charge in [0.1, 0.15) is 5.76 Å².